The summed E-state index contributed by atoms with van der Waals surface area (Å²) in [5.41, 5.74) is 0. The molecule has 1 atom stereocenters. The second kappa shape index (κ2) is 3.88. The highest BCUT2D eigenvalue weighted by molar-refractivity contribution is 6.10. The summed E-state index contributed by atoms with van der Waals surface area (Å²) in [5, 5.41) is 0. The number of hydrogen-bond acceptors (Lipinski definition) is 3. The molecule has 0 aliphatic carbocycles. The van der Waals surface area contributed by atoms with Gasteiger partial charge < -0.3 is 4.42 Å². The molecule has 1 heterocycles. The Hall–Kier alpha value is -1.59. The Bertz CT molecular complexity index is 364. The highest BCUT2D eigenvalue weighted by atomic mass is 19.4. The Morgan fingerprint density at radius 1 is 1.40 bits per heavy atom. The zero-order chi connectivity index (χ0) is 11.6. The number of halogens is 3. The minimum absolute atomic E-state index is 0.250. The van der Waals surface area contributed by atoms with E-state index in [1.807, 2.05) is 0 Å². The van der Waals surface area contributed by atoms with Crippen LogP contribution in [0.1, 0.15) is 17.5 Å². The second-order valence-electron chi connectivity index (χ2n) is 2.93. The first-order valence-electron chi connectivity index (χ1n) is 4.03. The van der Waals surface area contributed by atoms with Crippen LogP contribution in [0.4, 0.5) is 13.2 Å². The summed E-state index contributed by atoms with van der Waals surface area (Å²) in [6.45, 7) is 0.903. The van der Waals surface area contributed by atoms with Gasteiger partial charge in [-0.3, -0.25) is 9.59 Å². The molecule has 1 unspecified atom stereocenters. The van der Waals surface area contributed by atoms with Crippen LogP contribution >= 0.6 is 0 Å². The summed E-state index contributed by atoms with van der Waals surface area (Å²) >= 11 is 0. The summed E-state index contributed by atoms with van der Waals surface area (Å²) in [5.74, 6) is -5.05. The number of rotatable bonds is 3. The van der Waals surface area contributed by atoms with E-state index >= 15 is 0 Å². The Morgan fingerprint density at radius 3 is 2.40 bits per heavy atom. The number of hydrogen-bond donors (Lipinski definition) is 0. The molecule has 0 N–H and O–H groups in total. The van der Waals surface area contributed by atoms with Crippen LogP contribution in [0.3, 0.4) is 0 Å². The Labute approximate surface area is 82.9 Å². The third kappa shape index (κ3) is 2.45. The first-order valence-corrected chi connectivity index (χ1v) is 4.03. The van der Waals surface area contributed by atoms with E-state index in [1.54, 1.807) is 0 Å². The number of furan rings is 1. The van der Waals surface area contributed by atoms with Crippen molar-refractivity contribution in [2.24, 2.45) is 5.92 Å². The van der Waals surface area contributed by atoms with Gasteiger partial charge in [0, 0.05) is 0 Å². The molecule has 0 aliphatic heterocycles. The maximum absolute atomic E-state index is 12.0. The van der Waals surface area contributed by atoms with E-state index in [2.05, 4.69) is 4.42 Å². The fraction of sp³-hybridized carbons (Fsp3) is 0.333. The first-order chi connectivity index (χ1) is 6.84. The lowest BCUT2D eigenvalue weighted by Crippen LogP contribution is -2.33. The monoisotopic (exact) mass is 220 g/mol. The van der Waals surface area contributed by atoms with E-state index in [-0.39, 0.29) is 5.76 Å². The molecule has 0 aliphatic rings. The standard InChI is InChI=1S/C9H7F3O3/c1-5(8(14)9(10,11)12)7(13)6-3-2-4-15-6/h2-5H,1H3. The van der Waals surface area contributed by atoms with Crippen LogP contribution in [-0.4, -0.2) is 17.7 Å². The lowest BCUT2D eigenvalue weighted by atomic mass is 9.99. The average molecular weight is 220 g/mol. The summed E-state index contributed by atoms with van der Waals surface area (Å²) in [6.07, 6.45) is -3.85. The van der Waals surface area contributed by atoms with Crippen molar-refractivity contribution in [3.05, 3.63) is 24.2 Å². The fourth-order valence-corrected chi connectivity index (χ4v) is 0.997. The predicted octanol–water partition coefficient (Wildman–Crippen LogP) is 2.23. The minimum atomic E-state index is -5.00. The van der Waals surface area contributed by atoms with Crippen LogP contribution in [0.2, 0.25) is 0 Å². The number of ketones is 2. The van der Waals surface area contributed by atoms with E-state index < -0.39 is 23.7 Å². The van der Waals surface area contributed by atoms with Crippen molar-refractivity contribution in [2.45, 2.75) is 13.1 Å². The molecule has 0 radical (unpaired) electrons. The molecule has 0 spiro atoms. The molecule has 0 amide bonds. The van der Waals surface area contributed by atoms with Gasteiger partial charge in [0.1, 0.15) is 0 Å². The van der Waals surface area contributed by atoms with Crippen LogP contribution in [0, 0.1) is 5.92 Å². The molecule has 0 saturated carbocycles. The lowest BCUT2D eigenvalue weighted by Gasteiger charge is -2.09. The molecule has 0 saturated heterocycles. The van der Waals surface area contributed by atoms with Gasteiger partial charge in [0.25, 0.3) is 0 Å². The number of Topliss-reactive ketones (excluding diaryl/α,β-unsaturated/α-hetero) is 2. The van der Waals surface area contributed by atoms with Gasteiger partial charge in [0.15, 0.2) is 5.76 Å². The molecular weight excluding hydrogens is 213 g/mol. The van der Waals surface area contributed by atoms with Crippen LogP contribution in [0.25, 0.3) is 0 Å². The summed E-state index contributed by atoms with van der Waals surface area (Å²) in [7, 11) is 0. The van der Waals surface area contributed by atoms with Crippen LogP contribution in [0.5, 0.6) is 0 Å². The van der Waals surface area contributed by atoms with Crippen molar-refractivity contribution in [2.75, 3.05) is 0 Å². The molecule has 0 aromatic carbocycles. The topological polar surface area (TPSA) is 47.3 Å². The van der Waals surface area contributed by atoms with Crippen LogP contribution in [0.15, 0.2) is 22.8 Å². The summed E-state index contributed by atoms with van der Waals surface area (Å²) in [6, 6.07) is 2.57. The van der Waals surface area contributed by atoms with Gasteiger partial charge in [-0.05, 0) is 19.1 Å². The van der Waals surface area contributed by atoms with Crippen molar-refractivity contribution in [1.29, 1.82) is 0 Å². The van der Waals surface area contributed by atoms with Crippen molar-refractivity contribution in [3.8, 4) is 0 Å². The summed E-state index contributed by atoms with van der Waals surface area (Å²) in [4.78, 5) is 22.0. The van der Waals surface area contributed by atoms with E-state index in [4.69, 9.17) is 0 Å². The second-order valence-corrected chi connectivity index (χ2v) is 2.93. The quantitative estimate of drug-likeness (QED) is 0.579. The smallest absolute Gasteiger partial charge is 0.450 e. The molecular formula is C9H7F3O3. The Balaban J connectivity index is 2.83. The summed E-state index contributed by atoms with van der Waals surface area (Å²) < 4.78 is 40.5. The normalized spacial score (nSPS) is 13.6. The zero-order valence-corrected chi connectivity index (χ0v) is 7.67. The average Bonchev–Trinajstić information content (AvgIpc) is 2.65. The molecule has 82 valence electrons. The number of carbonyl (C=O) groups excluding carboxylic acids is 2. The Kier molecular flexibility index (Phi) is 2.97. The maximum Gasteiger partial charge on any atom is 0.450 e. The van der Waals surface area contributed by atoms with E-state index in [0.717, 1.165) is 13.2 Å². The van der Waals surface area contributed by atoms with Crippen molar-refractivity contribution in [1.82, 2.24) is 0 Å². The molecule has 1 aromatic heterocycles. The van der Waals surface area contributed by atoms with Gasteiger partial charge in [-0.25, -0.2) is 0 Å². The van der Waals surface area contributed by atoms with Crippen molar-refractivity contribution < 1.29 is 27.2 Å². The number of carbonyl (C=O) groups is 2. The highest BCUT2D eigenvalue weighted by Crippen LogP contribution is 2.23. The van der Waals surface area contributed by atoms with Gasteiger partial charge >= 0.3 is 6.18 Å². The van der Waals surface area contributed by atoms with Crippen molar-refractivity contribution in [3.63, 3.8) is 0 Å². The van der Waals surface area contributed by atoms with E-state index in [0.29, 0.717) is 0 Å². The first kappa shape index (κ1) is 11.5. The largest absolute Gasteiger partial charge is 0.461 e. The molecule has 15 heavy (non-hydrogen) atoms. The zero-order valence-electron chi connectivity index (χ0n) is 7.67. The van der Waals surface area contributed by atoms with E-state index in [1.165, 1.54) is 12.1 Å². The van der Waals surface area contributed by atoms with E-state index in [9.17, 15) is 22.8 Å². The molecule has 0 fully saturated rings. The van der Waals surface area contributed by atoms with Crippen LogP contribution < -0.4 is 0 Å². The molecule has 3 nitrogen and oxygen atoms in total. The maximum atomic E-state index is 12.0. The lowest BCUT2D eigenvalue weighted by molar-refractivity contribution is -0.173. The SMILES string of the molecule is CC(C(=O)c1ccco1)C(=O)C(F)(F)F. The third-order valence-electron chi connectivity index (χ3n) is 1.83. The van der Waals surface area contributed by atoms with Crippen molar-refractivity contribution >= 4 is 11.6 Å². The van der Waals surface area contributed by atoms with Crippen LogP contribution in [-0.2, 0) is 4.79 Å². The van der Waals surface area contributed by atoms with Gasteiger partial charge in [-0.2, -0.15) is 13.2 Å². The number of alkyl halides is 3. The minimum Gasteiger partial charge on any atom is -0.461 e. The predicted molar refractivity (Wildman–Crippen MR) is 43.3 cm³/mol. The van der Waals surface area contributed by atoms with Gasteiger partial charge in [0.05, 0.1) is 12.2 Å². The van der Waals surface area contributed by atoms with Gasteiger partial charge in [0.2, 0.25) is 11.6 Å². The van der Waals surface area contributed by atoms with Gasteiger partial charge in [-0.15, -0.1) is 0 Å². The fourth-order valence-electron chi connectivity index (χ4n) is 0.997. The molecule has 0 bridgehead atoms. The highest BCUT2D eigenvalue weighted by Gasteiger charge is 2.44. The third-order valence-corrected chi connectivity index (χ3v) is 1.83. The molecule has 1 rings (SSSR count). The Morgan fingerprint density at radius 2 is 2.00 bits per heavy atom. The van der Waals surface area contributed by atoms with Gasteiger partial charge in [-0.1, -0.05) is 0 Å². The molecule has 1 aromatic rings. The molecule has 6 heteroatoms.